The van der Waals surface area contributed by atoms with Crippen LogP contribution in [0.3, 0.4) is 0 Å². The quantitative estimate of drug-likeness (QED) is 0.723. The Morgan fingerprint density at radius 1 is 1.50 bits per heavy atom. The van der Waals surface area contributed by atoms with Crippen LogP contribution in [0.2, 0.25) is 0 Å². The summed E-state index contributed by atoms with van der Waals surface area (Å²) >= 11 is 0. The molecule has 4 heteroatoms. The van der Waals surface area contributed by atoms with Gasteiger partial charge in [0.2, 0.25) is 0 Å². The summed E-state index contributed by atoms with van der Waals surface area (Å²) < 4.78 is 10.1. The van der Waals surface area contributed by atoms with E-state index in [9.17, 15) is 4.79 Å². The minimum atomic E-state index is -0.178. The second-order valence-electron chi connectivity index (χ2n) is 4.39. The Bertz CT molecular complexity index is 214. The number of ether oxygens (including phenoxy) is 2. The van der Waals surface area contributed by atoms with E-state index >= 15 is 0 Å². The second kappa shape index (κ2) is 6.86. The lowest BCUT2D eigenvalue weighted by Gasteiger charge is -2.30. The molecule has 1 rings (SSSR count). The molecule has 0 bridgehead atoms. The van der Waals surface area contributed by atoms with Crippen molar-refractivity contribution in [3.8, 4) is 0 Å². The van der Waals surface area contributed by atoms with E-state index in [0.29, 0.717) is 12.0 Å². The summed E-state index contributed by atoms with van der Waals surface area (Å²) in [6, 6.07) is 0.163. The normalized spacial score (nSPS) is 21.4. The van der Waals surface area contributed by atoms with Crippen LogP contribution in [-0.2, 0) is 14.3 Å². The highest BCUT2D eigenvalue weighted by atomic mass is 16.5. The van der Waals surface area contributed by atoms with Crippen molar-refractivity contribution >= 4 is 5.97 Å². The van der Waals surface area contributed by atoms with Gasteiger partial charge in [0.05, 0.1) is 7.11 Å². The Hall–Kier alpha value is -0.610. The monoisotopic (exact) mass is 229 g/mol. The Morgan fingerprint density at radius 2 is 2.12 bits per heavy atom. The summed E-state index contributed by atoms with van der Waals surface area (Å²) in [6.45, 7) is 5.81. The van der Waals surface area contributed by atoms with Crippen molar-refractivity contribution in [3.63, 3.8) is 0 Å². The summed E-state index contributed by atoms with van der Waals surface area (Å²) in [7, 11) is 1.44. The second-order valence-corrected chi connectivity index (χ2v) is 4.39. The van der Waals surface area contributed by atoms with Gasteiger partial charge in [0.25, 0.3) is 0 Å². The van der Waals surface area contributed by atoms with Crippen LogP contribution in [0.25, 0.3) is 0 Å². The van der Waals surface area contributed by atoms with Crippen LogP contribution in [-0.4, -0.2) is 38.4 Å². The van der Waals surface area contributed by atoms with Gasteiger partial charge in [0, 0.05) is 19.3 Å². The number of nitrogens with one attached hydrogen (secondary N) is 1. The third-order valence-electron chi connectivity index (χ3n) is 3.33. The number of carbonyl (C=O) groups is 1. The van der Waals surface area contributed by atoms with E-state index in [1.165, 1.54) is 7.11 Å². The van der Waals surface area contributed by atoms with Gasteiger partial charge >= 0.3 is 5.97 Å². The highest BCUT2D eigenvalue weighted by Gasteiger charge is 2.25. The maximum Gasteiger partial charge on any atom is 0.322 e. The van der Waals surface area contributed by atoms with Crippen LogP contribution in [0.4, 0.5) is 0 Å². The van der Waals surface area contributed by atoms with Crippen LogP contribution in [0.15, 0.2) is 0 Å². The molecule has 1 fully saturated rings. The molecule has 2 atom stereocenters. The molecule has 1 heterocycles. The smallest absolute Gasteiger partial charge is 0.322 e. The number of rotatable bonds is 5. The highest BCUT2D eigenvalue weighted by Crippen LogP contribution is 2.19. The van der Waals surface area contributed by atoms with E-state index in [1.807, 2.05) is 6.92 Å². The molecule has 0 saturated carbocycles. The zero-order valence-electron chi connectivity index (χ0n) is 10.5. The van der Waals surface area contributed by atoms with Gasteiger partial charge in [0.15, 0.2) is 0 Å². The number of hydrogen-bond acceptors (Lipinski definition) is 4. The van der Waals surface area contributed by atoms with E-state index in [4.69, 9.17) is 9.47 Å². The van der Waals surface area contributed by atoms with E-state index < -0.39 is 0 Å². The minimum absolute atomic E-state index is 0.165. The Kier molecular flexibility index (Phi) is 5.77. The van der Waals surface area contributed by atoms with E-state index in [0.717, 1.165) is 32.5 Å². The SMILES string of the molecule is CCC(NC(C)C1CCOCC1)C(=O)OC. The molecular weight excluding hydrogens is 206 g/mol. The molecule has 0 radical (unpaired) electrons. The van der Waals surface area contributed by atoms with Crippen molar-refractivity contribution in [2.75, 3.05) is 20.3 Å². The van der Waals surface area contributed by atoms with Crippen molar-refractivity contribution in [1.82, 2.24) is 5.32 Å². The Morgan fingerprint density at radius 3 is 2.62 bits per heavy atom. The molecule has 1 aliphatic heterocycles. The fraction of sp³-hybridized carbons (Fsp3) is 0.917. The van der Waals surface area contributed by atoms with Gasteiger partial charge < -0.3 is 14.8 Å². The average Bonchev–Trinajstić information content (AvgIpc) is 2.35. The third kappa shape index (κ3) is 3.76. The summed E-state index contributed by atoms with van der Waals surface area (Å²) in [6.07, 6.45) is 2.91. The van der Waals surface area contributed by atoms with Crippen molar-refractivity contribution in [1.29, 1.82) is 0 Å². The van der Waals surface area contributed by atoms with Gasteiger partial charge in [-0.1, -0.05) is 6.92 Å². The number of esters is 1. The van der Waals surface area contributed by atoms with E-state index in [1.54, 1.807) is 0 Å². The van der Waals surface area contributed by atoms with Gasteiger partial charge in [-0.25, -0.2) is 0 Å². The van der Waals surface area contributed by atoms with Crippen LogP contribution in [0.1, 0.15) is 33.1 Å². The minimum Gasteiger partial charge on any atom is -0.468 e. The molecule has 0 spiro atoms. The molecule has 1 saturated heterocycles. The van der Waals surface area contributed by atoms with Gasteiger partial charge in [-0.05, 0) is 32.1 Å². The lowest BCUT2D eigenvalue weighted by molar-refractivity contribution is -0.143. The standard InChI is InChI=1S/C12H23NO3/c1-4-11(12(14)15-3)13-9(2)10-5-7-16-8-6-10/h9-11,13H,4-8H2,1-3H3. The predicted octanol–water partition coefficient (Wildman–Crippen LogP) is 1.34. The summed E-state index contributed by atoms with van der Waals surface area (Å²) in [5, 5.41) is 3.36. The van der Waals surface area contributed by atoms with Crippen molar-refractivity contribution < 1.29 is 14.3 Å². The zero-order valence-corrected chi connectivity index (χ0v) is 10.5. The zero-order chi connectivity index (χ0) is 12.0. The van der Waals surface area contributed by atoms with Gasteiger partial charge in [-0.3, -0.25) is 4.79 Å². The number of hydrogen-bond donors (Lipinski definition) is 1. The molecule has 0 aromatic heterocycles. The topological polar surface area (TPSA) is 47.6 Å². The molecule has 0 aromatic rings. The molecule has 16 heavy (non-hydrogen) atoms. The van der Waals surface area contributed by atoms with Gasteiger partial charge in [-0.2, -0.15) is 0 Å². The van der Waals surface area contributed by atoms with Crippen molar-refractivity contribution in [2.24, 2.45) is 5.92 Å². The fourth-order valence-electron chi connectivity index (χ4n) is 2.16. The van der Waals surface area contributed by atoms with Crippen LogP contribution in [0, 0.1) is 5.92 Å². The molecule has 0 amide bonds. The molecule has 2 unspecified atom stereocenters. The first kappa shape index (κ1) is 13.5. The third-order valence-corrected chi connectivity index (χ3v) is 3.33. The maximum atomic E-state index is 11.5. The van der Waals surface area contributed by atoms with Crippen LogP contribution < -0.4 is 5.32 Å². The molecular formula is C12H23NO3. The Balaban J connectivity index is 2.40. The van der Waals surface area contributed by atoms with Crippen LogP contribution in [0.5, 0.6) is 0 Å². The average molecular weight is 229 g/mol. The predicted molar refractivity (Wildman–Crippen MR) is 62.2 cm³/mol. The lowest BCUT2D eigenvalue weighted by atomic mass is 9.92. The molecule has 0 aliphatic carbocycles. The summed E-state index contributed by atoms with van der Waals surface area (Å²) in [5.74, 6) is 0.439. The molecule has 1 aliphatic rings. The molecule has 4 nitrogen and oxygen atoms in total. The Labute approximate surface area is 97.7 Å². The molecule has 1 N–H and O–H groups in total. The summed E-state index contributed by atoms with van der Waals surface area (Å²) in [4.78, 5) is 11.5. The van der Waals surface area contributed by atoms with Crippen LogP contribution >= 0.6 is 0 Å². The van der Waals surface area contributed by atoms with E-state index in [2.05, 4.69) is 12.2 Å². The van der Waals surface area contributed by atoms with Crippen molar-refractivity contribution in [3.05, 3.63) is 0 Å². The first-order chi connectivity index (χ1) is 7.69. The molecule has 94 valence electrons. The number of carbonyl (C=O) groups excluding carboxylic acids is 1. The fourth-order valence-corrected chi connectivity index (χ4v) is 2.16. The summed E-state index contributed by atoms with van der Waals surface area (Å²) in [5.41, 5.74) is 0. The largest absolute Gasteiger partial charge is 0.468 e. The van der Waals surface area contributed by atoms with Gasteiger partial charge in [0.1, 0.15) is 6.04 Å². The molecule has 0 aromatic carbocycles. The maximum absolute atomic E-state index is 11.5. The first-order valence-corrected chi connectivity index (χ1v) is 6.10. The van der Waals surface area contributed by atoms with E-state index in [-0.39, 0.29) is 12.0 Å². The first-order valence-electron chi connectivity index (χ1n) is 6.10. The highest BCUT2D eigenvalue weighted by molar-refractivity contribution is 5.75. The van der Waals surface area contributed by atoms with Gasteiger partial charge in [-0.15, -0.1) is 0 Å². The van der Waals surface area contributed by atoms with Crippen molar-refractivity contribution in [2.45, 2.75) is 45.2 Å². The number of methoxy groups -OCH3 is 1. The lowest BCUT2D eigenvalue weighted by Crippen LogP contribution is -2.46.